The predicted octanol–water partition coefficient (Wildman–Crippen LogP) is 2.85. The number of anilines is 2. The van der Waals surface area contributed by atoms with Gasteiger partial charge in [-0.15, -0.1) is 0 Å². The normalized spacial score (nSPS) is 24.0. The Balaban J connectivity index is 1.26. The molecule has 2 atom stereocenters. The molecule has 1 N–H and O–H groups in total. The van der Waals surface area contributed by atoms with Crippen LogP contribution < -0.4 is 9.80 Å². The van der Waals surface area contributed by atoms with Gasteiger partial charge >= 0.3 is 0 Å². The van der Waals surface area contributed by atoms with Crippen LogP contribution in [0.4, 0.5) is 15.9 Å². The van der Waals surface area contributed by atoms with Gasteiger partial charge in [0.15, 0.2) is 0 Å². The van der Waals surface area contributed by atoms with Gasteiger partial charge in [-0.25, -0.2) is 9.37 Å². The summed E-state index contributed by atoms with van der Waals surface area (Å²) in [7, 11) is 0. The maximum absolute atomic E-state index is 13.5. The first-order valence-electron chi connectivity index (χ1n) is 9.14. The fourth-order valence-corrected chi connectivity index (χ4v) is 4.39. The van der Waals surface area contributed by atoms with Crippen molar-refractivity contribution < 1.29 is 9.13 Å². The number of fused-ring (bicyclic) bond motifs is 4. The van der Waals surface area contributed by atoms with E-state index in [2.05, 4.69) is 31.9 Å². The van der Waals surface area contributed by atoms with Crippen LogP contribution in [-0.4, -0.2) is 41.8 Å². The van der Waals surface area contributed by atoms with Crippen molar-refractivity contribution in [3.8, 4) is 0 Å². The zero-order valence-electron chi connectivity index (χ0n) is 14.3. The Morgan fingerprint density at radius 1 is 1.23 bits per heavy atom. The van der Waals surface area contributed by atoms with Crippen molar-refractivity contribution in [1.82, 2.24) is 9.97 Å². The van der Waals surface area contributed by atoms with Gasteiger partial charge in [0.25, 0.3) is 0 Å². The van der Waals surface area contributed by atoms with Gasteiger partial charge in [0.2, 0.25) is 0 Å². The molecular formula is C20H19FN4O. The SMILES string of the molecule is Fc1ccc2c3c([nH]c2c1)CCN(c1ccc(N2CC4OC[C@H]42)nc1)C3. The van der Waals surface area contributed by atoms with E-state index in [1.165, 1.54) is 17.3 Å². The molecule has 3 aliphatic rings. The quantitative estimate of drug-likeness (QED) is 0.772. The monoisotopic (exact) mass is 350 g/mol. The van der Waals surface area contributed by atoms with Crippen molar-refractivity contribution in [3.63, 3.8) is 0 Å². The van der Waals surface area contributed by atoms with Crippen LogP contribution in [0.25, 0.3) is 10.9 Å². The van der Waals surface area contributed by atoms with Crippen molar-refractivity contribution in [2.24, 2.45) is 0 Å². The van der Waals surface area contributed by atoms with Crippen molar-refractivity contribution in [2.45, 2.75) is 25.1 Å². The fourth-order valence-electron chi connectivity index (χ4n) is 4.39. The highest BCUT2D eigenvalue weighted by molar-refractivity contribution is 5.85. The fraction of sp³-hybridized carbons (Fsp3) is 0.350. The van der Waals surface area contributed by atoms with E-state index in [1.54, 1.807) is 6.07 Å². The Labute approximate surface area is 150 Å². The van der Waals surface area contributed by atoms with Gasteiger partial charge in [-0.3, -0.25) is 0 Å². The van der Waals surface area contributed by atoms with E-state index < -0.39 is 0 Å². The summed E-state index contributed by atoms with van der Waals surface area (Å²) in [6, 6.07) is 9.80. The molecule has 2 saturated heterocycles. The Morgan fingerprint density at radius 3 is 2.92 bits per heavy atom. The van der Waals surface area contributed by atoms with Gasteiger partial charge in [-0.1, -0.05) is 0 Å². The maximum Gasteiger partial charge on any atom is 0.129 e. The molecule has 26 heavy (non-hydrogen) atoms. The Kier molecular flexibility index (Phi) is 2.91. The van der Waals surface area contributed by atoms with Crippen molar-refractivity contribution in [2.75, 3.05) is 29.5 Å². The second kappa shape index (κ2) is 5.20. The summed E-state index contributed by atoms with van der Waals surface area (Å²) in [5.74, 6) is 0.844. The van der Waals surface area contributed by atoms with Gasteiger partial charge in [0.1, 0.15) is 11.6 Å². The molecule has 2 aromatic heterocycles. The van der Waals surface area contributed by atoms with Crippen LogP contribution in [0.15, 0.2) is 36.5 Å². The van der Waals surface area contributed by atoms with E-state index in [4.69, 9.17) is 4.74 Å². The summed E-state index contributed by atoms with van der Waals surface area (Å²) in [6.45, 7) is 3.54. The maximum atomic E-state index is 13.5. The largest absolute Gasteiger partial charge is 0.372 e. The minimum absolute atomic E-state index is 0.196. The van der Waals surface area contributed by atoms with Gasteiger partial charge in [0, 0.05) is 48.2 Å². The Morgan fingerprint density at radius 2 is 2.19 bits per heavy atom. The van der Waals surface area contributed by atoms with Crippen molar-refractivity contribution in [3.05, 3.63) is 53.6 Å². The molecule has 5 nitrogen and oxygen atoms in total. The molecule has 1 aromatic carbocycles. The summed E-state index contributed by atoms with van der Waals surface area (Å²) >= 11 is 0. The lowest BCUT2D eigenvalue weighted by atomic mass is 9.95. The number of H-pyrrole nitrogens is 1. The van der Waals surface area contributed by atoms with E-state index >= 15 is 0 Å². The number of rotatable bonds is 2. The standard InChI is InChI=1S/C20H19FN4O/c21-12-1-3-14-15-9-24(6-5-16(15)23-17(14)7-12)13-2-4-20(22-8-13)25-10-19-18(25)11-26-19/h1-4,7-8,18-19,23H,5-6,9-11H2/t18-,19?/m1/s1. The van der Waals surface area contributed by atoms with E-state index in [9.17, 15) is 4.39 Å². The van der Waals surface area contributed by atoms with Crippen molar-refractivity contribution in [1.29, 1.82) is 0 Å². The third-order valence-corrected chi connectivity index (χ3v) is 6.02. The molecule has 3 aromatic rings. The number of halogens is 1. The molecule has 3 aliphatic heterocycles. The first kappa shape index (κ1) is 14.6. The molecule has 1 unspecified atom stereocenters. The number of morpholine rings is 1. The molecule has 5 heterocycles. The zero-order valence-corrected chi connectivity index (χ0v) is 14.3. The van der Waals surface area contributed by atoms with Gasteiger partial charge in [-0.05, 0) is 30.3 Å². The van der Waals surface area contributed by atoms with E-state index in [-0.39, 0.29) is 5.82 Å². The molecule has 0 spiro atoms. The molecule has 132 valence electrons. The first-order valence-corrected chi connectivity index (χ1v) is 9.14. The molecular weight excluding hydrogens is 331 g/mol. The Hall–Kier alpha value is -2.60. The lowest BCUT2D eigenvalue weighted by molar-refractivity contribution is -0.113. The summed E-state index contributed by atoms with van der Waals surface area (Å²) in [5, 5.41) is 1.12. The van der Waals surface area contributed by atoms with Crippen LogP contribution in [-0.2, 0) is 17.7 Å². The molecule has 0 saturated carbocycles. The molecule has 6 heteroatoms. The van der Waals surface area contributed by atoms with E-state index in [1.807, 2.05) is 12.3 Å². The molecule has 6 rings (SSSR count). The topological polar surface area (TPSA) is 44.4 Å². The lowest BCUT2D eigenvalue weighted by Crippen LogP contribution is -2.71. The smallest absolute Gasteiger partial charge is 0.129 e. The Bertz CT molecular complexity index is 999. The lowest BCUT2D eigenvalue weighted by Gasteiger charge is -2.55. The number of aromatic amines is 1. The minimum atomic E-state index is -0.196. The number of hydrogen-bond acceptors (Lipinski definition) is 4. The number of nitrogens with zero attached hydrogens (tertiary/aromatic N) is 3. The second-order valence-corrected chi connectivity index (χ2v) is 7.41. The average molecular weight is 350 g/mol. The highest BCUT2D eigenvalue weighted by Crippen LogP contribution is 2.35. The van der Waals surface area contributed by atoms with Crippen LogP contribution in [0.5, 0.6) is 0 Å². The summed E-state index contributed by atoms with van der Waals surface area (Å²) in [6.07, 6.45) is 3.33. The third-order valence-electron chi connectivity index (χ3n) is 6.02. The number of benzene rings is 1. The number of ether oxygens (including phenoxy) is 1. The van der Waals surface area contributed by atoms with Crippen LogP contribution in [0, 0.1) is 5.82 Å². The van der Waals surface area contributed by atoms with Crippen LogP contribution in [0.1, 0.15) is 11.3 Å². The minimum Gasteiger partial charge on any atom is -0.372 e. The van der Waals surface area contributed by atoms with Gasteiger partial charge < -0.3 is 19.5 Å². The van der Waals surface area contributed by atoms with Gasteiger partial charge in [0.05, 0.1) is 30.6 Å². The summed E-state index contributed by atoms with van der Waals surface area (Å²) in [4.78, 5) is 12.7. The van der Waals surface area contributed by atoms with Crippen LogP contribution >= 0.6 is 0 Å². The molecule has 0 radical (unpaired) electrons. The molecule has 0 aliphatic carbocycles. The zero-order chi connectivity index (χ0) is 17.3. The highest BCUT2D eigenvalue weighted by Gasteiger charge is 2.47. The van der Waals surface area contributed by atoms with E-state index in [0.29, 0.717) is 12.1 Å². The van der Waals surface area contributed by atoms with Crippen LogP contribution in [0.2, 0.25) is 0 Å². The third kappa shape index (κ3) is 2.02. The molecule has 2 fully saturated rings. The summed E-state index contributed by atoms with van der Waals surface area (Å²) in [5.41, 5.74) is 4.52. The van der Waals surface area contributed by atoms with Crippen molar-refractivity contribution >= 4 is 22.4 Å². The summed E-state index contributed by atoms with van der Waals surface area (Å²) < 4.78 is 18.9. The average Bonchev–Trinajstić information content (AvgIpc) is 3.00. The van der Waals surface area contributed by atoms with E-state index in [0.717, 1.165) is 55.1 Å². The number of pyridine rings is 1. The predicted molar refractivity (Wildman–Crippen MR) is 98.1 cm³/mol. The first-order chi connectivity index (χ1) is 12.8. The number of aromatic nitrogens is 2. The highest BCUT2D eigenvalue weighted by atomic mass is 19.1. The second-order valence-electron chi connectivity index (χ2n) is 7.41. The number of nitrogens with one attached hydrogen (secondary N) is 1. The van der Waals surface area contributed by atoms with Gasteiger partial charge in [-0.2, -0.15) is 0 Å². The molecule has 0 amide bonds. The molecule has 0 bridgehead atoms. The van der Waals surface area contributed by atoms with Crippen LogP contribution in [0.3, 0.4) is 0 Å². The number of hydrogen-bond donors (Lipinski definition) is 1.